The van der Waals surface area contributed by atoms with Gasteiger partial charge in [-0.2, -0.15) is 0 Å². The van der Waals surface area contributed by atoms with Crippen LogP contribution in [0, 0.1) is 46.3 Å². The van der Waals surface area contributed by atoms with E-state index >= 15 is 0 Å². The second-order valence-corrected chi connectivity index (χ2v) is 14.0. The van der Waals surface area contributed by atoms with Gasteiger partial charge >= 0.3 is 5.97 Å². The van der Waals surface area contributed by atoms with Crippen molar-refractivity contribution >= 4 is 17.8 Å². The van der Waals surface area contributed by atoms with Crippen molar-refractivity contribution < 1.29 is 24.2 Å². The van der Waals surface area contributed by atoms with Gasteiger partial charge in [-0.05, 0) is 116 Å². The van der Waals surface area contributed by atoms with Gasteiger partial charge in [-0.15, -0.1) is 0 Å². The Balaban J connectivity index is 1.18. The van der Waals surface area contributed by atoms with E-state index in [1.807, 2.05) is 12.1 Å². The van der Waals surface area contributed by atoms with Crippen LogP contribution in [0.3, 0.4) is 0 Å². The highest BCUT2D eigenvalue weighted by Gasteiger charge is 2.64. The van der Waals surface area contributed by atoms with Crippen LogP contribution in [0.1, 0.15) is 106 Å². The minimum Gasteiger partial charge on any atom is -0.469 e. The van der Waals surface area contributed by atoms with Crippen LogP contribution >= 0.6 is 0 Å². The molecule has 1 aliphatic heterocycles. The predicted molar refractivity (Wildman–Crippen MR) is 148 cm³/mol. The number of carbonyl (C=O) groups is 3. The van der Waals surface area contributed by atoms with Gasteiger partial charge in [0.05, 0.1) is 24.3 Å². The molecule has 6 rings (SSSR count). The van der Waals surface area contributed by atoms with Gasteiger partial charge in [0.1, 0.15) is 0 Å². The number of esters is 1. The largest absolute Gasteiger partial charge is 0.469 e. The van der Waals surface area contributed by atoms with E-state index in [1.54, 1.807) is 17.0 Å². The number of fused-ring (bicyclic) bond motifs is 6. The number of aliphatic hydroxyl groups is 1. The zero-order valence-electron chi connectivity index (χ0n) is 24.0. The second-order valence-electron chi connectivity index (χ2n) is 14.0. The normalized spacial score (nSPS) is 41.9. The molecule has 2 amide bonds. The molecule has 4 aliphatic carbocycles. The summed E-state index contributed by atoms with van der Waals surface area (Å²) in [6, 6.07) is 7.20. The smallest absolute Gasteiger partial charge is 0.305 e. The van der Waals surface area contributed by atoms with Gasteiger partial charge in [-0.25, -0.2) is 0 Å². The van der Waals surface area contributed by atoms with Crippen LogP contribution in [-0.4, -0.2) is 47.0 Å². The number of rotatable bonds is 5. The highest BCUT2D eigenvalue weighted by Crippen LogP contribution is 2.68. The number of ether oxygens (including phenoxy) is 1. The molecule has 5 aliphatic rings. The van der Waals surface area contributed by atoms with Crippen molar-refractivity contribution in [1.82, 2.24) is 4.90 Å². The summed E-state index contributed by atoms with van der Waals surface area (Å²) in [5.74, 6) is 2.50. The van der Waals surface area contributed by atoms with Gasteiger partial charge in [-0.1, -0.05) is 32.9 Å². The van der Waals surface area contributed by atoms with Crippen LogP contribution in [-0.2, 0) is 9.53 Å². The molecule has 0 spiro atoms. The Morgan fingerprint density at radius 2 is 1.72 bits per heavy atom. The molecule has 6 nitrogen and oxygen atoms in total. The maximum atomic E-state index is 13.2. The van der Waals surface area contributed by atoms with E-state index in [0.29, 0.717) is 53.1 Å². The number of nitrogens with zero attached hydrogens (tertiary/aromatic N) is 1. The molecule has 0 saturated heterocycles. The first-order valence-corrected chi connectivity index (χ1v) is 15.3. The molecule has 1 N–H and O–H groups in total. The fourth-order valence-electron chi connectivity index (χ4n) is 10.6. The molecule has 0 aromatic heterocycles. The number of imide groups is 1. The van der Waals surface area contributed by atoms with Crippen molar-refractivity contribution in [3.8, 4) is 0 Å². The molecule has 0 radical (unpaired) electrons. The Morgan fingerprint density at radius 1 is 1.03 bits per heavy atom. The fourth-order valence-corrected chi connectivity index (χ4v) is 10.6. The second kappa shape index (κ2) is 9.71. The van der Waals surface area contributed by atoms with Gasteiger partial charge in [0.2, 0.25) is 0 Å². The van der Waals surface area contributed by atoms with Crippen LogP contribution in [0.15, 0.2) is 24.3 Å². The Bertz CT molecular complexity index is 1130. The molecule has 4 saturated carbocycles. The van der Waals surface area contributed by atoms with Crippen molar-refractivity contribution in [1.29, 1.82) is 0 Å². The van der Waals surface area contributed by atoms with Crippen LogP contribution in [0.4, 0.5) is 0 Å². The minimum atomic E-state index is -0.332. The lowest BCUT2D eigenvalue weighted by Crippen LogP contribution is -2.59. The fraction of sp³-hybridized carbons (Fsp3) is 0.727. The van der Waals surface area contributed by atoms with Crippen LogP contribution in [0.25, 0.3) is 0 Å². The van der Waals surface area contributed by atoms with Crippen LogP contribution < -0.4 is 0 Å². The number of hydrogen-bond donors (Lipinski definition) is 1. The van der Waals surface area contributed by atoms with Gasteiger partial charge in [0, 0.05) is 12.5 Å². The Hall–Kier alpha value is -2.21. The van der Waals surface area contributed by atoms with E-state index in [1.165, 1.54) is 20.0 Å². The Morgan fingerprint density at radius 3 is 2.38 bits per heavy atom. The van der Waals surface area contributed by atoms with Crippen molar-refractivity contribution in [2.75, 3.05) is 7.11 Å². The zero-order chi connectivity index (χ0) is 27.7. The molecule has 1 heterocycles. The Labute approximate surface area is 232 Å². The molecule has 10 atom stereocenters. The summed E-state index contributed by atoms with van der Waals surface area (Å²) >= 11 is 0. The lowest BCUT2D eigenvalue weighted by atomic mass is 9.43. The lowest BCUT2D eigenvalue weighted by Gasteiger charge is -2.63. The summed E-state index contributed by atoms with van der Waals surface area (Å²) in [5, 5.41) is 11.8. The van der Waals surface area contributed by atoms with Gasteiger partial charge in [-0.3, -0.25) is 19.3 Å². The summed E-state index contributed by atoms with van der Waals surface area (Å²) in [4.78, 5) is 39.8. The molecular formula is C33H45NO5. The van der Waals surface area contributed by atoms with E-state index in [0.717, 1.165) is 44.9 Å². The topological polar surface area (TPSA) is 83.9 Å². The third-order valence-electron chi connectivity index (χ3n) is 12.7. The van der Waals surface area contributed by atoms with E-state index in [4.69, 9.17) is 4.74 Å². The number of aliphatic hydroxyl groups excluding tert-OH is 1. The van der Waals surface area contributed by atoms with Crippen LogP contribution in [0.5, 0.6) is 0 Å². The summed E-state index contributed by atoms with van der Waals surface area (Å²) in [6.07, 6.45) is 9.15. The first-order valence-electron chi connectivity index (χ1n) is 15.3. The molecule has 4 fully saturated rings. The van der Waals surface area contributed by atoms with Crippen molar-refractivity contribution in [3.63, 3.8) is 0 Å². The molecule has 6 heteroatoms. The summed E-state index contributed by atoms with van der Waals surface area (Å²) in [5.41, 5.74) is 1.13. The molecule has 1 aromatic rings. The SMILES string of the molecule is COC(=O)CC[C@@H](C)[C@H]1CC[C@H]2[C@@H]3CC[C@@H]4C[C@@H](N5C(=O)c6ccccc6C5=O)CC[C@]4(C)[C@H]3C[C@H](O)[C@]12C. The first kappa shape index (κ1) is 27.0. The van der Waals surface area contributed by atoms with Gasteiger partial charge < -0.3 is 9.84 Å². The lowest BCUT2D eigenvalue weighted by molar-refractivity contribution is -0.171. The first-order chi connectivity index (χ1) is 18.6. The predicted octanol–water partition coefficient (Wildman–Crippen LogP) is 5.87. The summed E-state index contributed by atoms with van der Waals surface area (Å²) in [7, 11) is 1.45. The monoisotopic (exact) mass is 535 g/mol. The highest BCUT2D eigenvalue weighted by molar-refractivity contribution is 6.21. The number of carbonyl (C=O) groups excluding carboxylic acids is 3. The van der Waals surface area contributed by atoms with E-state index < -0.39 is 0 Å². The van der Waals surface area contributed by atoms with E-state index in [2.05, 4.69) is 20.8 Å². The molecule has 212 valence electrons. The third-order valence-corrected chi connectivity index (χ3v) is 12.7. The molecule has 1 aromatic carbocycles. The quantitative estimate of drug-likeness (QED) is 0.377. The number of amides is 2. The number of hydrogen-bond acceptors (Lipinski definition) is 5. The molecule has 0 unspecified atom stereocenters. The number of benzene rings is 1. The minimum absolute atomic E-state index is 0.0303. The maximum absolute atomic E-state index is 13.2. The molecule has 0 bridgehead atoms. The molecule has 39 heavy (non-hydrogen) atoms. The third kappa shape index (κ3) is 3.94. The standard InChI is InChI=1S/C33H45NO5/c1-19(9-14-29(36)39-4)25-12-13-26-24-11-10-20-17-21(34-30(37)22-7-5-6-8-23(22)31(34)38)15-16-32(20,2)27(24)18-28(35)33(25,26)3/h5-8,19-21,24-28,35H,9-18H2,1-4H3/t19-,20-,21+,24+,25-,26+,27+,28+,32+,33-/m1/s1. The highest BCUT2D eigenvalue weighted by atomic mass is 16.5. The average Bonchev–Trinajstić information content (AvgIpc) is 3.42. The summed E-state index contributed by atoms with van der Waals surface area (Å²) < 4.78 is 4.89. The van der Waals surface area contributed by atoms with Crippen molar-refractivity contribution in [2.24, 2.45) is 46.3 Å². The zero-order valence-corrected chi connectivity index (χ0v) is 24.0. The van der Waals surface area contributed by atoms with Crippen LogP contribution in [0.2, 0.25) is 0 Å². The van der Waals surface area contributed by atoms with Crippen molar-refractivity contribution in [2.45, 2.75) is 97.1 Å². The van der Waals surface area contributed by atoms with Gasteiger partial charge in [0.25, 0.3) is 11.8 Å². The average molecular weight is 536 g/mol. The van der Waals surface area contributed by atoms with Crippen molar-refractivity contribution in [3.05, 3.63) is 35.4 Å². The summed E-state index contributed by atoms with van der Waals surface area (Å²) in [6.45, 7) is 7.06. The molecular weight excluding hydrogens is 490 g/mol. The van der Waals surface area contributed by atoms with E-state index in [-0.39, 0.29) is 40.8 Å². The van der Waals surface area contributed by atoms with E-state index in [9.17, 15) is 19.5 Å². The number of methoxy groups -OCH3 is 1. The van der Waals surface area contributed by atoms with Gasteiger partial charge in [0.15, 0.2) is 0 Å². The maximum Gasteiger partial charge on any atom is 0.305 e. The Kier molecular flexibility index (Phi) is 6.72.